The molecule has 18 heavy (non-hydrogen) atoms. The molecule has 7 heteroatoms. The first kappa shape index (κ1) is 25.6. The lowest BCUT2D eigenvalue weighted by Gasteiger charge is -1.90. The van der Waals surface area contributed by atoms with Gasteiger partial charge in [0.05, 0.1) is 12.7 Å². The Kier molecular flexibility index (Phi) is 35.4. The number of aliphatic hydroxyl groups is 2. The van der Waals surface area contributed by atoms with Crippen molar-refractivity contribution < 1.29 is 34.8 Å². The fourth-order valence-electron chi connectivity index (χ4n) is 0.204. The van der Waals surface area contributed by atoms with Gasteiger partial charge in [-0.2, -0.15) is 0 Å². The standard InChI is InChI=1S/C4H10O.C3H8O2.2C2H4O2/c1-3-5-4-2;1-3(5)2-4;2*1-2(3)4/h3-4H2,1-2H3;3-5H,2H2,1H3;2*1H3,(H,3,4). The van der Waals surface area contributed by atoms with Crippen molar-refractivity contribution in [3.05, 3.63) is 0 Å². The highest BCUT2D eigenvalue weighted by atomic mass is 16.5. The molecule has 0 bridgehead atoms. The molecule has 0 fully saturated rings. The van der Waals surface area contributed by atoms with Crippen LogP contribution in [-0.2, 0) is 14.3 Å². The third kappa shape index (κ3) is 356. The monoisotopic (exact) mass is 270 g/mol. The number of carboxylic acids is 2. The van der Waals surface area contributed by atoms with Gasteiger partial charge in [-0.3, -0.25) is 9.59 Å². The van der Waals surface area contributed by atoms with Crippen LogP contribution in [0.2, 0.25) is 0 Å². The molecule has 0 aliphatic heterocycles. The third-order valence-corrected chi connectivity index (χ3v) is 0.672. The predicted molar refractivity (Wildman–Crippen MR) is 67.6 cm³/mol. The fraction of sp³-hybridized carbons (Fsp3) is 0.818. The van der Waals surface area contributed by atoms with Crippen molar-refractivity contribution in [1.82, 2.24) is 0 Å². The lowest BCUT2D eigenvalue weighted by molar-refractivity contribution is -0.135. The minimum absolute atomic E-state index is 0.139. The van der Waals surface area contributed by atoms with Crippen molar-refractivity contribution >= 4 is 11.9 Å². The van der Waals surface area contributed by atoms with E-state index in [1.54, 1.807) is 0 Å². The molecule has 0 aliphatic rings. The van der Waals surface area contributed by atoms with Crippen molar-refractivity contribution in [3.8, 4) is 0 Å². The van der Waals surface area contributed by atoms with Crippen molar-refractivity contribution in [3.63, 3.8) is 0 Å². The zero-order chi connectivity index (χ0) is 15.6. The number of rotatable bonds is 3. The number of carboxylic acid groups (broad SMARTS) is 2. The Morgan fingerprint density at radius 2 is 1.22 bits per heavy atom. The molecule has 0 rings (SSSR count). The largest absolute Gasteiger partial charge is 0.481 e. The molecule has 7 nitrogen and oxygen atoms in total. The molecule has 0 aromatic rings. The van der Waals surface area contributed by atoms with E-state index in [1.807, 2.05) is 13.8 Å². The van der Waals surface area contributed by atoms with E-state index < -0.39 is 18.0 Å². The summed E-state index contributed by atoms with van der Waals surface area (Å²) in [5, 5.41) is 30.8. The van der Waals surface area contributed by atoms with Crippen LogP contribution < -0.4 is 0 Å². The summed E-state index contributed by atoms with van der Waals surface area (Å²) >= 11 is 0. The lowest BCUT2D eigenvalue weighted by atomic mass is 10.5. The van der Waals surface area contributed by atoms with Gasteiger partial charge in [0.2, 0.25) is 0 Å². The van der Waals surface area contributed by atoms with Crippen molar-refractivity contribution in [2.75, 3.05) is 19.8 Å². The number of hydrogen-bond donors (Lipinski definition) is 4. The maximum absolute atomic E-state index is 9.00. The van der Waals surface area contributed by atoms with E-state index in [9.17, 15) is 0 Å². The topological polar surface area (TPSA) is 124 Å². The second-order valence-electron chi connectivity index (χ2n) is 2.85. The minimum atomic E-state index is -0.833. The first-order chi connectivity index (χ1) is 8.15. The third-order valence-electron chi connectivity index (χ3n) is 0.672. The van der Waals surface area contributed by atoms with Gasteiger partial charge in [0, 0.05) is 27.1 Å². The molecule has 112 valence electrons. The van der Waals surface area contributed by atoms with Gasteiger partial charge in [-0.25, -0.2) is 0 Å². The van der Waals surface area contributed by atoms with E-state index in [2.05, 4.69) is 0 Å². The number of aliphatic carboxylic acids is 2. The average Bonchev–Trinajstić information content (AvgIpc) is 2.18. The van der Waals surface area contributed by atoms with Crippen LogP contribution in [0.25, 0.3) is 0 Å². The Balaban J connectivity index is -0.0000000731. The summed E-state index contributed by atoms with van der Waals surface area (Å²) < 4.78 is 4.83. The highest BCUT2D eigenvalue weighted by Crippen LogP contribution is 1.68. The summed E-state index contributed by atoms with van der Waals surface area (Å²) in [6.45, 7) is 9.22. The molecule has 0 amide bonds. The van der Waals surface area contributed by atoms with Gasteiger partial charge >= 0.3 is 0 Å². The normalized spacial score (nSPS) is 9.28. The average molecular weight is 270 g/mol. The Labute approximate surface area is 108 Å². The van der Waals surface area contributed by atoms with Crippen LogP contribution in [-0.4, -0.2) is 58.3 Å². The highest BCUT2D eigenvalue weighted by Gasteiger charge is 1.83. The van der Waals surface area contributed by atoms with Crippen LogP contribution in [0, 0.1) is 0 Å². The van der Waals surface area contributed by atoms with Crippen LogP contribution >= 0.6 is 0 Å². The first-order valence-electron chi connectivity index (χ1n) is 5.41. The second kappa shape index (κ2) is 24.9. The minimum Gasteiger partial charge on any atom is -0.481 e. The molecule has 0 saturated heterocycles. The first-order valence-corrected chi connectivity index (χ1v) is 5.41. The van der Waals surface area contributed by atoms with Crippen molar-refractivity contribution in [2.45, 2.75) is 40.7 Å². The van der Waals surface area contributed by atoms with Gasteiger partial charge in [0.1, 0.15) is 0 Å². The SMILES string of the molecule is CC(=O)O.CC(=O)O.CC(O)CO.CCOCC. The van der Waals surface area contributed by atoms with E-state index in [-0.39, 0.29) is 6.61 Å². The number of hydrogen-bond acceptors (Lipinski definition) is 5. The van der Waals surface area contributed by atoms with E-state index >= 15 is 0 Å². The van der Waals surface area contributed by atoms with Crippen molar-refractivity contribution in [1.29, 1.82) is 0 Å². The maximum atomic E-state index is 9.00. The predicted octanol–water partition coefficient (Wildman–Crippen LogP) is 0.584. The lowest BCUT2D eigenvalue weighted by Crippen LogP contribution is -2.03. The van der Waals surface area contributed by atoms with Gasteiger partial charge < -0.3 is 25.2 Å². The summed E-state index contributed by atoms with van der Waals surface area (Å²) in [4.78, 5) is 18.0. The van der Waals surface area contributed by atoms with Gasteiger partial charge in [0.25, 0.3) is 11.9 Å². The molecule has 1 unspecified atom stereocenters. The molecule has 1 atom stereocenters. The molecule has 0 aromatic heterocycles. The van der Waals surface area contributed by atoms with Crippen LogP contribution in [0.4, 0.5) is 0 Å². The number of carbonyl (C=O) groups is 2. The Morgan fingerprint density at radius 3 is 1.22 bits per heavy atom. The zero-order valence-corrected chi connectivity index (χ0v) is 11.7. The molecular weight excluding hydrogens is 244 g/mol. The van der Waals surface area contributed by atoms with Crippen LogP contribution in [0.1, 0.15) is 34.6 Å². The second-order valence-corrected chi connectivity index (χ2v) is 2.85. The molecule has 0 radical (unpaired) electrons. The van der Waals surface area contributed by atoms with E-state index in [1.165, 1.54) is 6.92 Å². The van der Waals surface area contributed by atoms with Crippen LogP contribution in [0.15, 0.2) is 0 Å². The molecule has 0 spiro atoms. The van der Waals surface area contributed by atoms with Crippen LogP contribution in [0.5, 0.6) is 0 Å². The molecule has 0 saturated carbocycles. The fourth-order valence-corrected chi connectivity index (χ4v) is 0.204. The molecule has 0 heterocycles. The van der Waals surface area contributed by atoms with Gasteiger partial charge in [-0.15, -0.1) is 0 Å². The van der Waals surface area contributed by atoms with Gasteiger partial charge in [-0.05, 0) is 20.8 Å². The Morgan fingerprint density at radius 1 is 1.06 bits per heavy atom. The quantitative estimate of drug-likeness (QED) is 0.591. The van der Waals surface area contributed by atoms with E-state index in [0.717, 1.165) is 27.1 Å². The molecule has 4 N–H and O–H groups in total. The van der Waals surface area contributed by atoms with Crippen LogP contribution in [0.3, 0.4) is 0 Å². The summed E-state index contributed by atoms with van der Waals surface area (Å²) in [7, 11) is 0. The smallest absolute Gasteiger partial charge is 0.300 e. The molecule has 0 aliphatic carbocycles. The van der Waals surface area contributed by atoms with Gasteiger partial charge in [0.15, 0.2) is 0 Å². The van der Waals surface area contributed by atoms with E-state index in [0.29, 0.717) is 0 Å². The summed E-state index contributed by atoms with van der Waals surface area (Å²) in [6, 6.07) is 0. The molecule has 0 aromatic carbocycles. The number of ether oxygens (including phenoxy) is 1. The Hall–Kier alpha value is -1.18. The maximum Gasteiger partial charge on any atom is 0.300 e. The van der Waals surface area contributed by atoms with E-state index in [4.69, 9.17) is 34.8 Å². The summed E-state index contributed by atoms with van der Waals surface area (Å²) in [5.74, 6) is -1.67. The summed E-state index contributed by atoms with van der Waals surface area (Å²) in [6.07, 6.45) is -0.560. The highest BCUT2D eigenvalue weighted by molar-refractivity contribution is 5.63. The summed E-state index contributed by atoms with van der Waals surface area (Å²) in [5.41, 5.74) is 0. The Bertz CT molecular complexity index is 147. The zero-order valence-electron chi connectivity index (χ0n) is 11.7. The van der Waals surface area contributed by atoms with Crippen molar-refractivity contribution in [2.24, 2.45) is 0 Å². The van der Waals surface area contributed by atoms with Gasteiger partial charge in [-0.1, -0.05) is 0 Å². The molecular formula is C11H26O7. The number of aliphatic hydroxyl groups excluding tert-OH is 2.